The van der Waals surface area contributed by atoms with E-state index < -0.39 is 5.97 Å². The van der Waals surface area contributed by atoms with Crippen LogP contribution in [0.3, 0.4) is 0 Å². The van der Waals surface area contributed by atoms with E-state index in [2.05, 4.69) is 10.1 Å². The van der Waals surface area contributed by atoms with E-state index in [0.29, 0.717) is 16.9 Å². The third kappa shape index (κ3) is 4.13. The number of benzene rings is 2. The molecule has 2 aromatic carbocycles. The summed E-state index contributed by atoms with van der Waals surface area (Å²) >= 11 is 0. The maximum absolute atomic E-state index is 13.7. The first-order valence-corrected chi connectivity index (χ1v) is 8.53. The molecule has 1 aromatic heterocycles. The van der Waals surface area contributed by atoms with E-state index in [1.165, 1.54) is 33.5 Å². The molecule has 29 heavy (non-hydrogen) atoms. The molecule has 0 aliphatic rings. The van der Waals surface area contributed by atoms with Crippen molar-refractivity contribution in [3.8, 4) is 28.6 Å². The van der Waals surface area contributed by atoms with Gasteiger partial charge in [0.05, 0.1) is 21.3 Å². The number of carbonyl (C=O) groups is 1. The summed E-state index contributed by atoms with van der Waals surface area (Å²) in [4.78, 5) is 16.6. The highest BCUT2D eigenvalue weighted by Crippen LogP contribution is 2.40. The second-order valence-electron chi connectivity index (χ2n) is 5.93. The first-order valence-electron chi connectivity index (χ1n) is 8.53. The molecule has 1 heterocycles. The van der Waals surface area contributed by atoms with Crippen molar-refractivity contribution in [2.75, 3.05) is 21.3 Å². The summed E-state index contributed by atoms with van der Waals surface area (Å²) in [7, 11) is 4.31. The molecule has 0 saturated carbocycles. The van der Waals surface area contributed by atoms with E-state index >= 15 is 0 Å². The Hall–Kier alpha value is -3.62. The van der Waals surface area contributed by atoms with Crippen molar-refractivity contribution in [3.63, 3.8) is 0 Å². The van der Waals surface area contributed by atoms with Gasteiger partial charge in [0.15, 0.2) is 18.1 Å². The molecule has 0 aliphatic heterocycles. The molecule has 0 aliphatic carbocycles. The number of halogens is 1. The second kappa shape index (κ2) is 8.59. The number of nitrogens with zero attached hydrogens (tertiary/aromatic N) is 2. The molecular formula is C20H19FN2O6. The molecule has 0 fully saturated rings. The summed E-state index contributed by atoms with van der Waals surface area (Å²) < 4.78 is 39.7. The first-order chi connectivity index (χ1) is 14.0. The third-order valence-electron chi connectivity index (χ3n) is 4.15. The molecule has 0 saturated heterocycles. The van der Waals surface area contributed by atoms with Gasteiger partial charge in [0.25, 0.3) is 5.89 Å². The van der Waals surface area contributed by atoms with Gasteiger partial charge in [-0.1, -0.05) is 17.3 Å². The Morgan fingerprint density at radius 2 is 1.83 bits per heavy atom. The zero-order valence-corrected chi connectivity index (χ0v) is 16.3. The third-order valence-corrected chi connectivity index (χ3v) is 4.15. The van der Waals surface area contributed by atoms with Crippen molar-refractivity contribution in [3.05, 3.63) is 53.2 Å². The Kier molecular flexibility index (Phi) is 5.96. The molecule has 0 spiro atoms. The normalized spacial score (nSPS) is 10.5. The van der Waals surface area contributed by atoms with Gasteiger partial charge in [0.2, 0.25) is 11.6 Å². The molecular weight excluding hydrogens is 383 g/mol. The fourth-order valence-electron chi connectivity index (χ4n) is 2.63. The lowest BCUT2D eigenvalue weighted by Gasteiger charge is -2.14. The standard InChI is InChI=1S/C20H19FN2O6/c1-11-5-6-12(9-14(11)21)19-22-16(29-23-19)10-28-20(24)13-7-8-15(25-2)18(27-4)17(13)26-3/h5-9H,10H2,1-4H3. The fraction of sp³-hybridized carbons (Fsp3) is 0.250. The molecule has 9 heteroatoms. The van der Waals surface area contributed by atoms with Crippen LogP contribution in [0.4, 0.5) is 4.39 Å². The summed E-state index contributed by atoms with van der Waals surface area (Å²) in [5.41, 5.74) is 1.11. The van der Waals surface area contributed by atoms with Gasteiger partial charge in [0.1, 0.15) is 11.4 Å². The van der Waals surface area contributed by atoms with E-state index in [9.17, 15) is 9.18 Å². The van der Waals surface area contributed by atoms with Crippen molar-refractivity contribution in [1.82, 2.24) is 10.1 Å². The van der Waals surface area contributed by atoms with E-state index in [0.717, 1.165) is 0 Å². The van der Waals surface area contributed by atoms with Gasteiger partial charge in [-0.3, -0.25) is 0 Å². The highest BCUT2D eigenvalue weighted by molar-refractivity contribution is 5.94. The Labute approximate surface area is 166 Å². The highest BCUT2D eigenvalue weighted by Gasteiger charge is 2.22. The molecule has 3 rings (SSSR count). The number of methoxy groups -OCH3 is 3. The van der Waals surface area contributed by atoms with Gasteiger partial charge in [-0.15, -0.1) is 0 Å². The Bertz CT molecular complexity index is 1030. The number of aromatic nitrogens is 2. The van der Waals surface area contributed by atoms with Gasteiger partial charge in [0, 0.05) is 5.56 Å². The lowest BCUT2D eigenvalue weighted by atomic mass is 10.1. The van der Waals surface area contributed by atoms with Crippen LogP contribution >= 0.6 is 0 Å². The summed E-state index contributed by atoms with van der Waals surface area (Å²) in [6.07, 6.45) is 0. The van der Waals surface area contributed by atoms with Gasteiger partial charge < -0.3 is 23.5 Å². The van der Waals surface area contributed by atoms with E-state index in [4.69, 9.17) is 23.5 Å². The first kappa shape index (κ1) is 20.1. The lowest BCUT2D eigenvalue weighted by molar-refractivity contribution is 0.0425. The number of hydrogen-bond acceptors (Lipinski definition) is 8. The highest BCUT2D eigenvalue weighted by atomic mass is 19.1. The molecule has 152 valence electrons. The van der Waals surface area contributed by atoms with Crippen LogP contribution < -0.4 is 14.2 Å². The average molecular weight is 402 g/mol. The van der Waals surface area contributed by atoms with Crippen LogP contribution in [0.2, 0.25) is 0 Å². The Morgan fingerprint density at radius 1 is 1.07 bits per heavy atom. The molecule has 0 unspecified atom stereocenters. The van der Waals surface area contributed by atoms with Crippen molar-refractivity contribution >= 4 is 5.97 Å². The number of esters is 1. The number of aryl methyl sites for hydroxylation is 1. The Balaban J connectivity index is 1.75. The monoisotopic (exact) mass is 402 g/mol. The van der Waals surface area contributed by atoms with Crippen molar-refractivity contribution < 1.29 is 32.7 Å². The fourth-order valence-corrected chi connectivity index (χ4v) is 2.63. The Morgan fingerprint density at radius 3 is 2.48 bits per heavy atom. The molecule has 0 atom stereocenters. The maximum atomic E-state index is 13.7. The summed E-state index contributed by atoms with van der Waals surface area (Å²) in [6.45, 7) is 1.39. The maximum Gasteiger partial charge on any atom is 0.342 e. The van der Waals surface area contributed by atoms with Gasteiger partial charge in [-0.2, -0.15) is 4.98 Å². The minimum absolute atomic E-state index is 0.0637. The predicted octanol–water partition coefficient (Wildman–Crippen LogP) is 3.57. The number of carbonyl (C=O) groups excluding carboxylic acids is 1. The van der Waals surface area contributed by atoms with Crippen molar-refractivity contribution in [1.29, 1.82) is 0 Å². The number of rotatable bonds is 7. The van der Waals surface area contributed by atoms with Gasteiger partial charge >= 0.3 is 5.97 Å². The van der Waals surface area contributed by atoms with Crippen LogP contribution in [-0.4, -0.2) is 37.4 Å². The van der Waals surface area contributed by atoms with Crippen LogP contribution in [0.25, 0.3) is 11.4 Å². The SMILES string of the molecule is COc1ccc(C(=O)OCc2nc(-c3ccc(C)c(F)c3)no2)c(OC)c1OC. The van der Waals surface area contributed by atoms with Crippen LogP contribution in [0.15, 0.2) is 34.9 Å². The van der Waals surface area contributed by atoms with Crippen LogP contribution in [0.5, 0.6) is 17.2 Å². The van der Waals surface area contributed by atoms with Crippen molar-refractivity contribution in [2.24, 2.45) is 0 Å². The minimum atomic E-state index is -0.677. The molecule has 0 radical (unpaired) electrons. The second-order valence-corrected chi connectivity index (χ2v) is 5.93. The summed E-state index contributed by atoms with van der Waals surface area (Å²) in [5, 5.41) is 3.79. The predicted molar refractivity (Wildman–Crippen MR) is 99.6 cm³/mol. The summed E-state index contributed by atoms with van der Waals surface area (Å²) in [5.74, 6) is 0.0640. The van der Waals surface area contributed by atoms with Gasteiger partial charge in [-0.05, 0) is 30.7 Å². The molecule has 0 amide bonds. The van der Waals surface area contributed by atoms with Gasteiger partial charge in [-0.25, -0.2) is 9.18 Å². The number of ether oxygens (including phenoxy) is 4. The number of hydrogen-bond donors (Lipinski definition) is 0. The molecule has 8 nitrogen and oxygen atoms in total. The quantitative estimate of drug-likeness (QED) is 0.554. The van der Waals surface area contributed by atoms with Crippen molar-refractivity contribution in [2.45, 2.75) is 13.5 Å². The lowest BCUT2D eigenvalue weighted by Crippen LogP contribution is -2.09. The summed E-state index contributed by atoms with van der Waals surface area (Å²) in [6, 6.07) is 7.66. The zero-order valence-electron chi connectivity index (χ0n) is 16.3. The van der Waals surface area contributed by atoms with E-state index in [-0.39, 0.29) is 41.2 Å². The zero-order chi connectivity index (χ0) is 21.0. The van der Waals surface area contributed by atoms with E-state index in [1.54, 1.807) is 25.1 Å². The topological polar surface area (TPSA) is 92.9 Å². The van der Waals surface area contributed by atoms with Crippen LogP contribution in [0, 0.1) is 12.7 Å². The largest absolute Gasteiger partial charge is 0.493 e. The minimum Gasteiger partial charge on any atom is -0.493 e. The van der Waals surface area contributed by atoms with E-state index in [1.807, 2.05) is 0 Å². The molecule has 0 bridgehead atoms. The average Bonchev–Trinajstić information content (AvgIpc) is 3.21. The smallest absolute Gasteiger partial charge is 0.342 e. The van der Waals surface area contributed by atoms with Crippen LogP contribution in [-0.2, 0) is 11.3 Å². The molecule has 0 N–H and O–H groups in total. The molecule has 3 aromatic rings. The van der Waals surface area contributed by atoms with Crippen LogP contribution in [0.1, 0.15) is 21.8 Å².